The van der Waals surface area contributed by atoms with Crippen LogP contribution in [0, 0.1) is 0 Å². The second-order valence-corrected chi connectivity index (χ2v) is 4.35. The van der Waals surface area contributed by atoms with Crippen molar-refractivity contribution < 1.29 is 9.90 Å². The van der Waals surface area contributed by atoms with Gasteiger partial charge in [-0.1, -0.05) is 37.3 Å². The second kappa shape index (κ2) is 6.52. The lowest BCUT2D eigenvalue weighted by atomic mass is 10.1. The number of hydrazone groups is 1. The van der Waals surface area contributed by atoms with Crippen LogP contribution in [0.2, 0.25) is 0 Å². The molecule has 0 aromatic heterocycles. The number of aromatic carboxylic acids is 1. The maximum atomic E-state index is 10.8. The molecule has 2 aromatic carbocycles. The molecule has 20 heavy (non-hydrogen) atoms. The predicted molar refractivity (Wildman–Crippen MR) is 80.4 cm³/mol. The van der Waals surface area contributed by atoms with Gasteiger partial charge in [-0.2, -0.15) is 5.10 Å². The SMILES string of the molecule is CCc1ccc(/C=N/Nc2cccc(C(=O)O)c2)cc1. The zero-order valence-corrected chi connectivity index (χ0v) is 11.2. The van der Waals surface area contributed by atoms with Crippen molar-refractivity contribution in [3.8, 4) is 0 Å². The van der Waals surface area contributed by atoms with E-state index in [-0.39, 0.29) is 5.56 Å². The smallest absolute Gasteiger partial charge is 0.335 e. The van der Waals surface area contributed by atoms with Crippen LogP contribution in [0.5, 0.6) is 0 Å². The predicted octanol–water partition coefficient (Wildman–Crippen LogP) is 3.39. The minimum absolute atomic E-state index is 0.234. The quantitative estimate of drug-likeness (QED) is 0.645. The highest BCUT2D eigenvalue weighted by Gasteiger charge is 2.01. The fourth-order valence-electron chi connectivity index (χ4n) is 1.74. The highest BCUT2D eigenvalue weighted by atomic mass is 16.4. The first-order valence-electron chi connectivity index (χ1n) is 6.40. The Morgan fingerprint density at radius 2 is 2.00 bits per heavy atom. The second-order valence-electron chi connectivity index (χ2n) is 4.35. The monoisotopic (exact) mass is 268 g/mol. The zero-order valence-electron chi connectivity index (χ0n) is 11.2. The number of carbonyl (C=O) groups is 1. The van der Waals surface area contributed by atoms with E-state index in [1.54, 1.807) is 30.5 Å². The molecule has 0 saturated heterocycles. The molecule has 4 heteroatoms. The highest BCUT2D eigenvalue weighted by Crippen LogP contribution is 2.10. The molecule has 0 bridgehead atoms. The minimum atomic E-state index is -0.951. The summed E-state index contributed by atoms with van der Waals surface area (Å²) in [6.45, 7) is 2.11. The van der Waals surface area contributed by atoms with Crippen LogP contribution >= 0.6 is 0 Å². The van der Waals surface area contributed by atoms with Crippen LogP contribution in [0.4, 0.5) is 5.69 Å². The van der Waals surface area contributed by atoms with Crippen molar-refractivity contribution in [1.82, 2.24) is 0 Å². The summed E-state index contributed by atoms with van der Waals surface area (Å²) in [6, 6.07) is 14.6. The first-order valence-corrected chi connectivity index (χ1v) is 6.40. The van der Waals surface area contributed by atoms with Crippen LogP contribution in [0.1, 0.15) is 28.4 Å². The summed E-state index contributed by atoms with van der Waals surface area (Å²) in [7, 11) is 0. The normalized spacial score (nSPS) is 10.7. The minimum Gasteiger partial charge on any atom is -0.478 e. The molecule has 0 radical (unpaired) electrons. The van der Waals surface area contributed by atoms with Crippen LogP contribution in [0.15, 0.2) is 53.6 Å². The van der Waals surface area contributed by atoms with E-state index < -0.39 is 5.97 Å². The van der Waals surface area contributed by atoms with Gasteiger partial charge in [0.1, 0.15) is 0 Å². The molecule has 0 aliphatic heterocycles. The Morgan fingerprint density at radius 1 is 1.25 bits per heavy atom. The number of rotatable bonds is 5. The van der Waals surface area contributed by atoms with Crippen LogP contribution in [0.25, 0.3) is 0 Å². The van der Waals surface area contributed by atoms with Gasteiger partial charge in [-0.05, 0) is 35.7 Å². The van der Waals surface area contributed by atoms with Gasteiger partial charge in [-0.25, -0.2) is 4.79 Å². The largest absolute Gasteiger partial charge is 0.478 e. The summed E-state index contributed by atoms with van der Waals surface area (Å²) in [5.41, 5.74) is 5.97. The molecule has 0 amide bonds. The van der Waals surface area contributed by atoms with E-state index >= 15 is 0 Å². The summed E-state index contributed by atoms with van der Waals surface area (Å²) in [4.78, 5) is 10.8. The van der Waals surface area contributed by atoms with E-state index in [2.05, 4.69) is 29.6 Å². The molecule has 0 aliphatic carbocycles. The van der Waals surface area contributed by atoms with Crippen molar-refractivity contribution in [1.29, 1.82) is 0 Å². The third-order valence-corrected chi connectivity index (χ3v) is 2.90. The Balaban J connectivity index is 2.02. The molecule has 2 rings (SSSR count). The average molecular weight is 268 g/mol. The van der Waals surface area contributed by atoms with Crippen LogP contribution in [-0.2, 0) is 6.42 Å². The lowest BCUT2D eigenvalue weighted by Gasteiger charge is -2.01. The number of hydrogen-bond donors (Lipinski definition) is 2. The van der Waals surface area contributed by atoms with Gasteiger partial charge in [-0.15, -0.1) is 0 Å². The summed E-state index contributed by atoms with van der Waals surface area (Å²) in [5, 5.41) is 13.0. The topological polar surface area (TPSA) is 61.7 Å². The van der Waals surface area contributed by atoms with Crippen molar-refractivity contribution in [2.75, 3.05) is 5.43 Å². The Bertz CT molecular complexity index is 619. The maximum absolute atomic E-state index is 10.8. The molecular weight excluding hydrogens is 252 g/mol. The number of carboxylic acid groups (broad SMARTS) is 1. The summed E-state index contributed by atoms with van der Waals surface area (Å²) in [5.74, 6) is -0.951. The van der Waals surface area contributed by atoms with Crippen molar-refractivity contribution in [2.24, 2.45) is 5.10 Å². The van der Waals surface area contributed by atoms with E-state index in [9.17, 15) is 4.79 Å². The fourth-order valence-corrected chi connectivity index (χ4v) is 1.74. The molecule has 0 aliphatic rings. The van der Waals surface area contributed by atoms with Gasteiger partial charge in [0.2, 0.25) is 0 Å². The summed E-state index contributed by atoms with van der Waals surface area (Å²) < 4.78 is 0. The van der Waals surface area contributed by atoms with Gasteiger partial charge in [-0.3, -0.25) is 5.43 Å². The molecule has 2 aromatic rings. The maximum Gasteiger partial charge on any atom is 0.335 e. The van der Waals surface area contributed by atoms with Gasteiger partial charge in [0.15, 0.2) is 0 Å². The van der Waals surface area contributed by atoms with E-state index in [4.69, 9.17) is 5.11 Å². The summed E-state index contributed by atoms with van der Waals surface area (Å²) in [6.07, 6.45) is 2.71. The van der Waals surface area contributed by atoms with Crippen molar-refractivity contribution in [3.63, 3.8) is 0 Å². The molecule has 102 valence electrons. The number of benzene rings is 2. The van der Waals surface area contributed by atoms with Crippen molar-refractivity contribution in [3.05, 3.63) is 65.2 Å². The first kappa shape index (κ1) is 13.8. The van der Waals surface area contributed by atoms with Gasteiger partial charge >= 0.3 is 5.97 Å². The number of nitrogens with one attached hydrogen (secondary N) is 1. The molecule has 2 N–H and O–H groups in total. The third-order valence-electron chi connectivity index (χ3n) is 2.90. The third kappa shape index (κ3) is 3.68. The molecular formula is C16H16N2O2. The molecule has 0 saturated carbocycles. The Labute approximate surface area is 117 Å². The fraction of sp³-hybridized carbons (Fsp3) is 0.125. The molecule has 0 fully saturated rings. The van der Waals surface area contributed by atoms with Gasteiger partial charge in [0.25, 0.3) is 0 Å². The highest BCUT2D eigenvalue weighted by molar-refractivity contribution is 5.88. The number of hydrogen-bond acceptors (Lipinski definition) is 3. The Hall–Kier alpha value is -2.62. The number of nitrogens with zero attached hydrogens (tertiary/aromatic N) is 1. The van der Waals surface area contributed by atoms with Crippen LogP contribution in [-0.4, -0.2) is 17.3 Å². The Morgan fingerprint density at radius 3 is 2.65 bits per heavy atom. The van der Waals surface area contributed by atoms with Crippen LogP contribution < -0.4 is 5.43 Å². The standard InChI is InChI=1S/C16H16N2O2/c1-2-12-6-8-13(9-7-12)11-17-18-15-5-3-4-14(10-15)16(19)20/h3-11,18H,2H2,1H3,(H,19,20)/b17-11+. The van der Waals surface area contributed by atoms with Crippen LogP contribution in [0.3, 0.4) is 0 Å². The number of aryl methyl sites for hydroxylation is 1. The van der Waals surface area contributed by atoms with Gasteiger partial charge in [0.05, 0.1) is 17.5 Å². The zero-order chi connectivity index (χ0) is 14.4. The van der Waals surface area contributed by atoms with E-state index in [1.165, 1.54) is 5.56 Å². The number of anilines is 1. The van der Waals surface area contributed by atoms with E-state index in [1.807, 2.05) is 12.1 Å². The number of carboxylic acids is 1. The lowest BCUT2D eigenvalue weighted by molar-refractivity contribution is 0.0697. The van der Waals surface area contributed by atoms with Crippen molar-refractivity contribution >= 4 is 17.9 Å². The van der Waals surface area contributed by atoms with E-state index in [0.29, 0.717) is 5.69 Å². The molecule has 0 heterocycles. The lowest BCUT2D eigenvalue weighted by Crippen LogP contribution is -1.97. The molecule has 4 nitrogen and oxygen atoms in total. The average Bonchev–Trinajstić information content (AvgIpc) is 2.48. The Kier molecular flexibility index (Phi) is 4.50. The van der Waals surface area contributed by atoms with Crippen molar-refractivity contribution in [2.45, 2.75) is 13.3 Å². The summed E-state index contributed by atoms with van der Waals surface area (Å²) >= 11 is 0. The van der Waals surface area contributed by atoms with Gasteiger partial charge < -0.3 is 5.11 Å². The molecule has 0 unspecified atom stereocenters. The van der Waals surface area contributed by atoms with Gasteiger partial charge in [0, 0.05) is 0 Å². The first-order chi connectivity index (χ1) is 9.69. The molecule has 0 spiro atoms. The van der Waals surface area contributed by atoms with E-state index in [0.717, 1.165) is 12.0 Å². The molecule has 0 atom stereocenters.